The van der Waals surface area contributed by atoms with Crippen molar-refractivity contribution in [1.82, 2.24) is 15.6 Å². The van der Waals surface area contributed by atoms with E-state index in [-0.39, 0.29) is 11.1 Å². The topological polar surface area (TPSA) is 56.9 Å². The number of aromatic nitrogens is 1. The molecule has 22 heavy (non-hydrogen) atoms. The van der Waals surface area contributed by atoms with Crippen LogP contribution in [-0.2, 0) is 6.42 Å². The SMILES string of the molecule is Cc1ccc2cc(CCNC(=S)NC(C)(C)C)c(=O)[nH]c2c1. The van der Waals surface area contributed by atoms with Gasteiger partial charge in [-0.2, -0.15) is 0 Å². The third-order valence-electron chi connectivity index (χ3n) is 3.25. The lowest BCUT2D eigenvalue weighted by atomic mass is 10.1. The standard InChI is InChI=1S/C17H23N3OS/c1-11-5-6-12-10-13(15(21)19-14(12)9-11)7-8-18-16(22)20-17(2,3)4/h5-6,9-10H,7-8H2,1-4H3,(H,19,21)(H2,18,20,22). The van der Waals surface area contributed by atoms with Crippen LogP contribution in [0.25, 0.3) is 10.9 Å². The maximum absolute atomic E-state index is 12.1. The van der Waals surface area contributed by atoms with Gasteiger partial charge in [0.25, 0.3) is 5.56 Å². The highest BCUT2D eigenvalue weighted by Crippen LogP contribution is 2.13. The number of benzene rings is 1. The Morgan fingerprint density at radius 3 is 2.68 bits per heavy atom. The molecule has 1 aromatic heterocycles. The summed E-state index contributed by atoms with van der Waals surface area (Å²) in [5.41, 5.74) is 2.68. The second-order valence-electron chi connectivity index (χ2n) is 6.60. The molecule has 2 rings (SSSR count). The zero-order valence-electron chi connectivity index (χ0n) is 13.5. The number of hydrogen-bond acceptors (Lipinski definition) is 2. The van der Waals surface area contributed by atoms with Crippen LogP contribution in [0.2, 0.25) is 0 Å². The van der Waals surface area contributed by atoms with Crippen molar-refractivity contribution < 1.29 is 0 Å². The second kappa shape index (κ2) is 6.48. The number of hydrogen-bond donors (Lipinski definition) is 3. The molecule has 0 saturated heterocycles. The fourth-order valence-electron chi connectivity index (χ4n) is 2.24. The number of pyridine rings is 1. The normalized spacial score (nSPS) is 11.5. The molecule has 0 bridgehead atoms. The second-order valence-corrected chi connectivity index (χ2v) is 7.00. The number of aryl methyl sites for hydroxylation is 1. The summed E-state index contributed by atoms with van der Waals surface area (Å²) < 4.78 is 0. The van der Waals surface area contributed by atoms with E-state index in [0.29, 0.717) is 18.1 Å². The van der Waals surface area contributed by atoms with E-state index in [0.717, 1.165) is 22.0 Å². The molecule has 1 heterocycles. The predicted molar refractivity (Wildman–Crippen MR) is 96.5 cm³/mol. The Bertz CT molecular complexity index is 744. The fourth-order valence-corrected chi connectivity index (χ4v) is 2.65. The van der Waals surface area contributed by atoms with Gasteiger partial charge in [-0.15, -0.1) is 0 Å². The molecule has 0 aliphatic rings. The molecule has 0 aliphatic carbocycles. The first-order chi connectivity index (χ1) is 10.2. The molecule has 0 fully saturated rings. The van der Waals surface area contributed by atoms with Gasteiger partial charge < -0.3 is 15.6 Å². The molecule has 0 aliphatic heterocycles. The summed E-state index contributed by atoms with van der Waals surface area (Å²) in [7, 11) is 0. The third-order valence-corrected chi connectivity index (χ3v) is 3.49. The average molecular weight is 317 g/mol. The zero-order chi connectivity index (χ0) is 16.3. The van der Waals surface area contributed by atoms with E-state index in [9.17, 15) is 4.79 Å². The van der Waals surface area contributed by atoms with E-state index < -0.39 is 0 Å². The van der Waals surface area contributed by atoms with Crippen LogP contribution < -0.4 is 16.2 Å². The van der Waals surface area contributed by atoms with Crippen LogP contribution in [0.3, 0.4) is 0 Å². The number of rotatable bonds is 3. The van der Waals surface area contributed by atoms with Crippen molar-refractivity contribution in [3.8, 4) is 0 Å². The van der Waals surface area contributed by atoms with Gasteiger partial charge in [0, 0.05) is 23.2 Å². The minimum atomic E-state index is -0.0671. The van der Waals surface area contributed by atoms with Crippen molar-refractivity contribution in [2.45, 2.75) is 39.7 Å². The number of nitrogens with one attached hydrogen (secondary N) is 3. The zero-order valence-corrected chi connectivity index (χ0v) is 14.4. The van der Waals surface area contributed by atoms with Crippen LogP contribution in [0.1, 0.15) is 31.9 Å². The average Bonchev–Trinajstić information content (AvgIpc) is 2.37. The number of fused-ring (bicyclic) bond motifs is 1. The highest BCUT2D eigenvalue weighted by atomic mass is 32.1. The van der Waals surface area contributed by atoms with Crippen molar-refractivity contribution in [2.24, 2.45) is 0 Å². The summed E-state index contributed by atoms with van der Waals surface area (Å²) in [6, 6.07) is 8.02. The minimum absolute atomic E-state index is 0.0328. The van der Waals surface area contributed by atoms with Crippen molar-refractivity contribution in [1.29, 1.82) is 0 Å². The van der Waals surface area contributed by atoms with Crippen molar-refractivity contribution in [3.05, 3.63) is 45.7 Å². The molecule has 1 aromatic carbocycles. The lowest BCUT2D eigenvalue weighted by molar-refractivity contribution is 0.507. The first-order valence-corrected chi connectivity index (χ1v) is 7.84. The first-order valence-electron chi connectivity index (χ1n) is 7.43. The van der Waals surface area contributed by atoms with Gasteiger partial charge in [0.1, 0.15) is 0 Å². The summed E-state index contributed by atoms with van der Waals surface area (Å²) in [6.07, 6.45) is 0.630. The Kier molecular flexibility index (Phi) is 4.86. The van der Waals surface area contributed by atoms with Gasteiger partial charge in [0.05, 0.1) is 0 Å². The van der Waals surface area contributed by atoms with Crippen molar-refractivity contribution in [3.63, 3.8) is 0 Å². The fraction of sp³-hybridized carbons (Fsp3) is 0.412. The van der Waals surface area contributed by atoms with Crippen LogP contribution in [-0.4, -0.2) is 22.2 Å². The number of aromatic amines is 1. The summed E-state index contributed by atoms with van der Waals surface area (Å²) in [6.45, 7) is 8.80. The Hall–Kier alpha value is -1.88. The van der Waals surface area contributed by atoms with Crippen molar-refractivity contribution >= 4 is 28.2 Å². The monoisotopic (exact) mass is 317 g/mol. The summed E-state index contributed by atoms with van der Waals surface area (Å²) >= 11 is 5.23. The van der Waals surface area contributed by atoms with Gasteiger partial charge in [0.2, 0.25) is 0 Å². The van der Waals surface area contributed by atoms with Crippen molar-refractivity contribution in [2.75, 3.05) is 6.54 Å². The lowest BCUT2D eigenvalue weighted by Gasteiger charge is -2.23. The van der Waals surface area contributed by atoms with Crippen LogP contribution in [0.15, 0.2) is 29.1 Å². The molecule has 4 nitrogen and oxygen atoms in total. The van der Waals surface area contributed by atoms with Crippen LogP contribution >= 0.6 is 12.2 Å². The van der Waals surface area contributed by atoms with Gasteiger partial charge in [-0.05, 0) is 69.4 Å². The highest BCUT2D eigenvalue weighted by molar-refractivity contribution is 7.80. The predicted octanol–water partition coefficient (Wildman–Crippen LogP) is 2.64. The molecule has 0 saturated carbocycles. The quantitative estimate of drug-likeness (QED) is 0.762. The Labute approximate surface area is 136 Å². The first kappa shape index (κ1) is 16.5. The molecule has 0 amide bonds. The van der Waals surface area contributed by atoms with Crippen LogP contribution in [0.5, 0.6) is 0 Å². The van der Waals surface area contributed by atoms with E-state index in [1.807, 2.05) is 31.2 Å². The minimum Gasteiger partial charge on any atom is -0.362 e. The Morgan fingerprint density at radius 2 is 2.00 bits per heavy atom. The van der Waals surface area contributed by atoms with Gasteiger partial charge in [-0.25, -0.2) is 0 Å². The Morgan fingerprint density at radius 1 is 1.27 bits per heavy atom. The summed E-state index contributed by atoms with van der Waals surface area (Å²) in [5.74, 6) is 0. The molecule has 2 aromatic rings. The van der Waals surface area contributed by atoms with Gasteiger partial charge in [-0.1, -0.05) is 12.1 Å². The molecule has 5 heteroatoms. The maximum atomic E-state index is 12.1. The number of H-pyrrole nitrogens is 1. The largest absolute Gasteiger partial charge is 0.362 e. The third kappa shape index (κ3) is 4.56. The van der Waals surface area contributed by atoms with Gasteiger partial charge in [-0.3, -0.25) is 4.79 Å². The van der Waals surface area contributed by atoms with E-state index in [1.165, 1.54) is 0 Å². The summed E-state index contributed by atoms with van der Waals surface area (Å²) in [5, 5.41) is 7.99. The number of thiocarbonyl (C=S) groups is 1. The van der Waals surface area contributed by atoms with Gasteiger partial charge in [0.15, 0.2) is 5.11 Å². The van der Waals surface area contributed by atoms with E-state index in [1.54, 1.807) is 0 Å². The van der Waals surface area contributed by atoms with Crippen LogP contribution in [0.4, 0.5) is 0 Å². The van der Waals surface area contributed by atoms with Gasteiger partial charge >= 0.3 is 0 Å². The lowest BCUT2D eigenvalue weighted by Crippen LogP contribution is -2.46. The smallest absolute Gasteiger partial charge is 0.251 e. The molecular formula is C17H23N3OS. The molecule has 0 radical (unpaired) electrons. The molecule has 0 unspecified atom stereocenters. The van der Waals surface area contributed by atoms with E-state index in [2.05, 4.69) is 36.4 Å². The highest BCUT2D eigenvalue weighted by Gasteiger charge is 2.10. The molecule has 0 atom stereocenters. The Balaban J connectivity index is 2.03. The van der Waals surface area contributed by atoms with Crippen LogP contribution in [0, 0.1) is 6.92 Å². The molecule has 3 N–H and O–H groups in total. The molecule has 0 spiro atoms. The van der Waals surface area contributed by atoms with E-state index >= 15 is 0 Å². The molecular weight excluding hydrogens is 294 g/mol. The van der Waals surface area contributed by atoms with E-state index in [4.69, 9.17) is 12.2 Å². The maximum Gasteiger partial charge on any atom is 0.251 e. The summed E-state index contributed by atoms with van der Waals surface area (Å²) in [4.78, 5) is 15.1. The molecule has 118 valence electrons.